The Bertz CT molecular complexity index is 708. The molecule has 0 atom stereocenters. The average molecular weight is 352 g/mol. The van der Waals surface area contributed by atoms with E-state index in [0.29, 0.717) is 12.2 Å². The fourth-order valence-corrected chi connectivity index (χ4v) is 2.75. The first kappa shape index (κ1) is 18.3. The number of benzene rings is 1. The van der Waals surface area contributed by atoms with Crippen LogP contribution in [0.5, 0.6) is 5.75 Å². The van der Waals surface area contributed by atoms with Gasteiger partial charge < -0.3 is 9.47 Å². The molecule has 0 radical (unpaired) electrons. The maximum atomic E-state index is 12.2. The van der Waals surface area contributed by atoms with Crippen LogP contribution in [0, 0.1) is 0 Å². The van der Waals surface area contributed by atoms with E-state index in [1.807, 2.05) is 30.3 Å². The third-order valence-corrected chi connectivity index (χ3v) is 4.22. The van der Waals surface area contributed by atoms with Gasteiger partial charge in [-0.3, -0.25) is 14.7 Å². The number of rotatable bonds is 8. The lowest BCUT2D eigenvalue weighted by Crippen LogP contribution is -2.37. The summed E-state index contributed by atoms with van der Waals surface area (Å²) in [6.07, 6.45) is 5.95. The van der Waals surface area contributed by atoms with Crippen molar-refractivity contribution in [3.63, 3.8) is 0 Å². The molecule has 136 valence electrons. The normalized spacial score (nSPS) is 15.2. The van der Waals surface area contributed by atoms with Gasteiger partial charge >= 0.3 is 0 Å². The van der Waals surface area contributed by atoms with Crippen LogP contribution in [-0.2, 0) is 4.74 Å². The molecule has 1 aromatic carbocycles. The number of pyridine rings is 1. The van der Waals surface area contributed by atoms with E-state index >= 15 is 0 Å². The molecule has 5 heteroatoms. The summed E-state index contributed by atoms with van der Waals surface area (Å²) >= 11 is 0. The smallest absolute Gasteiger partial charge is 0.185 e. The molecule has 3 rings (SSSR count). The molecule has 26 heavy (non-hydrogen) atoms. The molecule has 1 fully saturated rings. The molecule has 0 unspecified atom stereocenters. The number of ketones is 1. The quantitative estimate of drug-likeness (QED) is 0.415. The van der Waals surface area contributed by atoms with Crippen LogP contribution in [0.4, 0.5) is 0 Å². The van der Waals surface area contributed by atoms with Crippen LogP contribution < -0.4 is 4.74 Å². The summed E-state index contributed by atoms with van der Waals surface area (Å²) in [4.78, 5) is 18.7. The molecule has 0 N–H and O–H groups in total. The van der Waals surface area contributed by atoms with E-state index in [4.69, 9.17) is 9.47 Å². The first-order valence-electron chi connectivity index (χ1n) is 8.98. The molecule has 1 aliphatic rings. The molecule has 0 saturated carbocycles. The summed E-state index contributed by atoms with van der Waals surface area (Å²) < 4.78 is 11.1. The van der Waals surface area contributed by atoms with Crippen molar-refractivity contribution in [2.45, 2.75) is 6.42 Å². The third kappa shape index (κ3) is 5.79. The van der Waals surface area contributed by atoms with E-state index in [2.05, 4.69) is 9.88 Å². The number of carbonyl (C=O) groups excluding carboxylic acids is 1. The number of hydrogen-bond donors (Lipinski definition) is 0. The molecular weight excluding hydrogens is 328 g/mol. The van der Waals surface area contributed by atoms with Gasteiger partial charge in [0.05, 0.1) is 25.5 Å². The number of ether oxygens (including phenoxy) is 2. The molecule has 0 bridgehead atoms. The first-order chi connectivity index (χ1) is 12.8. The van der Waals surface area contributed by atoms with Crippen molar-refractivity contribution in [2.75, 3.05) is 39.5 Å². The molecule has 5 nitrogen and oxygen atoms in total. The van der Waals surface area contributed by atoms with E-state index in [1.54, 1.807) is 30.5 Å². The molecule has 1 saturated heterocycles. The minimum atomic E-state index is -0.0467. The van der Waals surface area contributed by atoms with Gasteiger partial charge in [0.1, 0.15) is 5.75 Å². The van der Waals surface area contributed by atoms with Crippen molar-refractivity contribution in [2.24, 2.45) is 0 Å². The summed E-state index contributed by atoms with van der Waals surface area (Å²) in [5.74, 6) is 0.742. The van der Waals surface area contributed by atoms with Crippen LogP contribution in [0.25, 0.3) is 6.08 Å². The highest BCUT2D eigenvalue weighted by atomic mass is 16.5. The standard InChI is InChI=1S/C21H24N2O3/c24-21(10-7-19-4-1-2-11-22-19)18-5-8-20(9-6-18)26-15-3-12-23-13-16-25-17-14-23/h1-2,4-11H,3,12-17H2. The fourth-order valence-electron chi connectivity index (χ4n) is 2.75. The average Bonchev–Trinajstić information content (AvgIpc) is 2.71. The molecule has 2 heterocycles. The Morgan fingerprint density at radius 2 is 1.96 bits per heavy atom. The number of hydrogen-bond acceptors (Lipinski definition) is 5. The second-order valence-corrected chi connectivity index (χ2v) is 6.13. The Hall–Kier alpha value is -2.50. The third-order valence-electron chi connectivity index (χ3n) is 4.22. The number of allylic oxidation sites excluding steroid dienone is 1. The Labute approximate surface area is 154 Å². The van der Waals surface area contributed by atoms with Crippen molar-refractivity contribution in [1.29, 1.82) is 0 Å². The Morgan fingerprint density at radius 3 is 2.69 bits per heavy atom. The highest BCUT2D eigenvalue weighted by Crippen LogP contribution is 2.14. The molecule has 0 spiro atoms. The summed E-state index contributed by atoms with van der Waals surface area (Å²) in [5.41, 5.74) is 1.40. The molecule has 0 aliphatic carbocycles. The minimum Gasteiger partial charge on any atom is -0.494 e. The van der Waals surface area contributed by atoms with E-state index in [-0.39, 0.29) is 5.78 Å². The second kappa shape index (κ2) is 9.85. The van der Waals surface area contributed by atoms with Crippen LogP contribution in [0.15, 0.2) is 54.7 Å². The zero-order valence-electron chi connectivity index (χ0n) is 14.8. The zero-order valence-corrected chi connectivity index (χ0v) is 14.8. The summed E-state index contributed by atoms with van der Waals surface area (Å²) in [7, 11) is 0. The van der Waals surface area contributed by atoms with Crippen molar-refractivity contribution in [3.05, 3.63) is 66.0 Å². The van der Waals surface area contributed by atoms with Gasteiger partial charge in [-0.15, -0.1) is 0 Å². The lowest BCUT2D eigenvalue weighted by atomic mass is 10.1. The largest absolute Gasteiger partial charge is 0.494 e. The second-order valence-electron chi connectivity index (χ2n) is 6.13. The minimum absolute atomic E-state index is 0.0467. The maximum Gasteiger partial charge on any atom is 0.185 e. The summed E-state index contributed by atoms with van der Waals surface area (Å²) in [6, 6.07) is 12.9. The molecule has 1 aromatic heterocycles. The van der Waals surface area contributed by atoms with E-state index < -0.39 is 0 Å². The summed E-state index contributed by atoms with van der Waals surface area (Å²) in [5, 5.41) is 0. The van der Waals surface area contributed by atoms with Gasteiger partial charge in [-0.2, -0.15) is 0 Å². The van der Waals surface area contributed by atoms with Crippen LogP contribution in [0.2, 0.25) is 0 Å². The fraction of sp³-hybridized carbons (Fsp3) is 0.333. The Kier molecular flexibility index (Phi) is 6.93. The van der Waals surface area contributed by atoms with Crippen LogP contribution in [0.1, 0.15) is 22.5 Å². The first-order valence-corrected chi connectivity index (χ1v) is 8.98. The van der Waals surface area contributed by atoms with Crippen molar-refractivity contribution >= 4 is 11.9 Å². The molecular formula is C21H24N2O3. The van der Waals surface area contributed by atoms with Crippen molar-refractivity contribution in [1.82, 2.24) is 9.88 Å². The van der Waals surface area contributed by atoms with Crippen LogP contribution >= 0.6 is 0 Å². The van der Waals surface area contributed by atoms with E-state index in [1.165, 1.54) is 0 Å². The van der Waals surface area contributed by atoms with Crippen molar-refractivity contribution in [3.8, 4) is 5.75 Å². The van der Waals surface area contributed by atoms with Crippen LogP contribution in [0.3, 0.4) is 0 Å². The number of aromatic nitrogens is 1. The highest BCUT2D eigenvalue weighted by molar-refractivity contribution is 6.06. The van der Waals surface area contributed by atoms with Gasteiger partial charge in [0, 0.05) is 31.4 Å². The molecule has 1 aliphatic heterocycles. The van der Waals surface area contributed by atoms with Gasteiger partial charge in [-0.25, -0.2) is 0 Å². The van der Waals surface area contributed by atoms with E-state index in [9.17, 15) is 4.79 Å². The predicted molar refractivity (Wildman–Crippen MR) is 101 cm³/mol. The Morgan fingerprint density at radius 1 is 1.15 bits per heavy atom. The lowest BCUT2D eigenvalue weighted by Gasteiger charge is -2.26. The number of morpholine rings is 1. The maximum absolute atomic E-state index is 12.2. The van der Waals surface area contributed by atoms with E-state index in [0.717, 1.165) is 50.7 Å². The van der Waals surface area contributed by atoms with Gasteiger partial charge in [0.15, 0.2) is 5.78 Å². The van der Waals surface area contributed by atoms with Gasteiger partial charge in [-0.05, 0) is 55.0 Å². The van der Waals surface area contributed by atoms with Crippen molar-refractivity contribution < 1.29 is 14.3 Å². The molecule has 2 aromatic rings. The topological polar surface area (TPSA) is 51.7 Å². The van der Waals surface area contributed by atoms with Gasteiger partial charge in [0.2, 0.25) is 0 Å². The summed E-state index contributed by atoms with van der Waals surface area (Å²) in [6.45, 7) is 5.35. The zero-order chi connectivity index (χ0) is 18.0. The monoisotopic (exact) mass is 352 g/mol. The van der Waals surface area contributed by atoms with Gasteiger partial charge in [-0.1, -0.05) is 6.07 Å². The number of carbonyl (C=O) groups is 1. The molecule has 0 amide bonds. The number of nitrogens with zero attached hydrogens (tertiary/aromatic N) is 2. The van der Waals surface area contributed by atoms with Crippen LogP contribution in [-0.4, -0.2) is 55.1 Å². The predicted octanol–water partition coefficient (Wildman–Crippen LogP) is 3.08. The highest BCUT2D eigenvalue weighted by Gasteiger charge is 2.09. The lowest BCUT2D eigenvalue weighted by molar-refractivity contribution is 0.0358. The Balaban J connectivity index is 1.42. The van der Waals surface area contributed by atoms with Gasteiger partial charge in [0.25, 0.3) is 0 Å². The SMILES string of the molecule is O=C(C=Cc1ccccn1)c1ccc(OCCCN2CCOCC2)cc1.